The number of hydrogen-bond acceptors (Lipinski definition) is 2. The molecule has 62 valence electrons. The van der Waals surface area contributed by atoms with Crippen molar-refractivity contribution in [3.63, 3.8) is 0 Å². The van der Waals surface area contributed by atoms with Crippen molar-refractivity contribution in [1.29, 1.82) is 0 Å². The van der Waals surface area contributed by atoms with E-state index in [1.807, 2.05) is 0 Å². The average Bonchev–Trinajstić information content (AvgIpc) is 1.86. The highest BCUT2D eigenvalue weighted by atomic mass is 19.4. The Morgan fingerprint density at radius 3 is 2.45 bits per heavy atom. The standard InChI is InChI=1S/C6H6F3NO/c7-6(8,9)5-1-3-10(11)4-2-5/h1-3,11H,4H2. The van der Waals surface area contributed by atoms with Crippen molar-refractivity contribution < 1.29 is 18.4 Å². The summed E-state index contributed by atoms with van der Waals surface area (Å²) >= 11 is 0. The first-order chi connectivity index (χ1) is 5.00. The van der Waals surface area contributed by atoms with Crippen LogP contribution in [0.3, 0.4) is 0 Å². The van der Waals surface area contributed by atoms with E-state index in [-0.39, 0.29) is 6.54 Å². The van der Waals surface area contributed by atoms with Gasteiger partial charge in [-0.3, -0.25) is 10.3 Å². The highest BCUT2D eigenvalue weighted by Crippen LogP contribution is 2.27. The predicted octanol–water partition coefficient (Wildman–Crippen LogP) is 1.69. The van der Waals surface area contributed by atoms with Gasteiger partial charge >= 0.3 is 6.18 Å². The number of halogens is 3. The lowest BCUT2D eigenvalue weighted by Crippen LogP contribution is -2.20. The zero-order chi connectivity index (χ0) is 8.48. The van der Waals surface area contributed by atoms with Crippen LogP contribution in [-0.4, -0.2) is 23.0 Å². The van der Waals surface area contributed by atoms with Gasteiger partial charge in [-0.05, 0) is 6.08 Å². The Hall–Kier alpha value is -0.970. The third-order valence-corrected chi connectivity index (χ3v) is 1.25. The van der Waals surface area contributed by atoms with E-state index in [0.29, 0.717) is 5.06 Å². The van der Waals surface area contributed by atoms with Crippen molar-refractivity contribution in [3.05, 3.63) is 23.9 Å². The minimum Gasteiger partial charge on any atom is -0.289 e. The molecule has 0 aromatic carbocycles. The van der Waals surface area contributed by atoms with Gasteiger partial charge < -0.3 is 0 Å². The molecule has 1 aliphatic rings. The van der Waals surface area contributed by atoms with Gasteiger partial charge in [-0.15, -0.1) is 0 Å². The Morgan fingerprint density at radius 1 is 1.45 bits per heavy atom. The first kappa shape index (κ1) is 8.13. The minimum atomic E-state index is -4.31. The Kier molecular flexibility index (Phi) is 1.90. The van der Waals surface area contributed by atoms with Gasteiger partial charge in [0.1, 0.15) is 0 Å². The molecule has 1 aliphatic heterocycles. The van der Waals surface area contributed by atoms with E-state index < -0.39 is 11.7 Å². The molecule has 0 spiro atoms. The third kappa shape index (κ3) is 1.98. The van der Waals surface area contributed by atoms with Crippen LogP contribution in [0.2, 0.25) is 0 Å². The highest BCUT2D eigenvalue weighted by Gasteiger charge is 2.32. The van der Waals surface area contributed by atoms with Crippen LogP contribution < -0.4 is 0 Å². The predicted molar refractivity (Wildman–Crippen MR) is 31.8 cm³/mol. The Balaban J connectivity index is 2.71. The van der Waals surface area contributed by atoms with Crippen LogP contribution in [0.1, 0.15) is 0 Å². The molecule has 0 atom stereocenters. The molecule has 0 aromatic heterocycles. The summed E-state index contributed by atoms with van der Waals surface area (Å²) in [4.78, 5) is 0. The van der Waals surface area contributed by atoms with Crippen molar-refractivity contribution in [1.82, 2.24) is 5.06 Å². The fraction of sp³-hybridized carbons (Fsp3) is 0.333. The minimum absolute atomic E-state index is 0.120. The molecule has 2 nitrogen and oxygen atoms in total. The second kappa shape index (κ2) is 2.58. The van der Waals surface area contributed by atoms with Gasteiger partial charge in [0.05, 0.1) is 12.1 Å². The van der Waals surface area contributed by atoms with E-state index in [4.69, 9.17) is 5.21 Å². The lowest BCUT2D eigenvalue weighted by atomic mass is 10.2. The lowest BCUT2D eigenvalue weighted by molar-refractivity contribution is -0.0915. The molecule has 0 aliphatic carbocycles. The fourth-order valence-corrected chi connectivity index (χ4v) is 0.697. The second-order valence-electron chi connectivity index (χ2n) is 2.10. The third-order valence-electron chi connectivity index (χ3n) is 1.25. The number of alkyl halides is 3. The summed E-state index contributed by atoms with van der Waals surface area (Å²) in [7, 11) is 0. The van der Waals surface area contributed by atoms with Crippen molar-refractivity contribution in [2.45, 2.75) is 6.18 Å². The summed E-state index contributed by atoms with van der Waals surface area (Å²) in [6.07, 6.45) is -1.59. The van der Waals surface area contributed by atoms with E-state index in [2.05, 4.69) is 0 Å². The van der Waals surface area contributed by atoms with Crippen LogP contribution in [-0.2, 0) is 0 Å². The van der Waals surface area contributed by atoms with Crippen LogP contribution in [0.15, 0.2) is 23.9 Å². The molecule has 0 aromatic rings. The van der Waals surface area contributed by atoms with Crippen LogP contribution in [0.25, 0.3) is 0 Å². The van der Waals surface area contributed by atoms with Gasteiger partial charge in [0.2, 0.25) is 0 Å². The van der Waals surface area contributed by atoms with E-state index in [9.17, 15) is 13.2 Å². The molecule has 1 rings (SSSR count). The summed E-state index contributed by atoms with van der Waals surface area (Å²) in [6, 6.07) is 0. The van der Waals surface area contributed by atoms with Gasteiger partial charge in [-0.2, -0.15) is 13.2 Å². The number of allylic oxidation sites excluding steroid dienone is 2. The summed E-state index contributed by atoms with van der Waals surface area (Å²) in [6.45, 7) is -0.120. The van der Waals surface area contributed by atoms with Gasteiger partial charge in [0.15, 0.2) is 0 Å². The smallest absolute Gasteiger partial charge is 0.289 e. The van der Waals surface area contributed by atoms with Crippen LogP contribution in [0.4, 0.5) is 13.2 Å². The van der Waals surface area contributed by atoms with E-state index in [0.717, 1.165) is 18.4 Å². The van der Waals surface area contributed by atoms with Crippen molar-refractivity contribution in [2.75, 3.05) is 6.54 Å². The topological polar surface area (TPSA) is 23.5 Å². The Bertz CT molecular complexity index is 206. The van der Waals surface area contributed by atoms with Crippen molar-refractivity contribution in [3.8, 4) is 0 Å². The molecular formula is C6H6F3NO. The van der Waals surface area contributed by atoms with Gasteiger partial charge in [-0.25, -0.2) is 0 Å². The number of nitrogens with zero attached hydrogens (tertiary/aromatic N) is 1. The lowest BCUT2D eigenvalue weighted by Gasteiger charge is -2.16. The van der Waals surface area contributed by atoms with Crippen LogP contribution in [0, 0.1) is 0 Å². The van der Waals surface area contributed by atoms with Gasteiger partial charge in [0, 0.05) is 6.20 Å². The second-order valence-corrected chi connectivity index (χ2v) is 2.10. The zero-order valence-electron chi connectivity index (χ0n) is 5.47. The number of hydroxylamine groups is 2. The molecule has 0 unspecified atom stereocenters. The number of hydrogen-bond donors (Lipinski definition) is 1. The quantitative estimate of drug-likeness (QED) is 0.590. The Morgan fingerprint density at radius 2 is 2.09 bits per heavy atom. The molecule has 0 saturated heterocycles. The molecule has 0 bridgehead atoms. The molecule has 0 saturated carbocycles. The summed E-state index contributed by atoms with van der Waals surface area (Å²) in [5.41, 5.74) is -0.720. The number of rotatable bonds is 0. The molecule has 11 heavy (non-hydrogen) atoms. The monoisotopic (exact) mass is 165 g/mol. The fourth-order valence-electron chi connectivity index (χ4n) is 0.697. The van der Waals surface area contributed by atoms with Crippen molar-refractivity contribution >= 4 is 0 Å². The SMILES string of the molecule is ON1C=CC(C(F)(F)F)=CC1. The van der Waals surface area contributed by atoms with E-state index >= 15 is 0 Å². The largest absolute Gasteiger partial charge is 0.416 e. The van der Waals surface area contributed by atoms with Crippen molar-refractivity contribution in [2.24, 2.45) is 0 Å². The Labute approximate surface area is 61.2 Å². The zero-order valence-corrected chi connectivity index (χ0v) is 5.47. The first-order valence-electron chi connectivity index (χ1n) is 2.91. The molecule has 0 radical (unpaired) electrons. The molecular weight excluding hydrogens is 159 g/mol. The van der Waals surface area contributed by atoms with E-state index in [1.165, 1.54) is 0 Å². The van der Waals surface area contributed by atoms with E-state index in [1.54, 1.807) is 0 Å². The molecule has 5 heteroatoms. The van der Waals surface area contributed by atoms with Gasteiger partial charge in [0.25, 0.3) is 0 Å². The highest BCUT2D eigenvalue weighted by molar-refractivity contribution is 5.26. The normalized spacial score (nSPS) is 18.5. The van der Waals surface area contributed by atoms with Gasteiger partial charge in [-0.1, -0.05) is 6.08 Å². The molecule has 0 fully saturated rings. The molecule has 1 N–H and O–H groups in total. The summed E-state index contributed by atoms with van der Waals surface area (Å²) in [5.74, 6) is 0. The van der Waals surface area contributed by atoms with Crippen LogP contribution in [0.5, 0.6) is 0 Å². The maximum absolute atomic E-state index is 11.8. The average molecular weight is 165 g/mol. The summed E-state index contributed by atoms with van der Waals surface area (Å²) in [5, 5.41) is 9.30. The summed E-state index contributed by atoms with van der Waals surface area (Å²) < 4.78 is 35.5. The maximum atomic E-state index is 11.8. The molecule has 1 heterocycles. The first-order valence-corrected chi connectivity index (χ1v) is 2.91. The molecule has 0 amide bonds. The maximum Gasteiger partial charge on any atom is 0.416 e. The van der Waals surface area contributed by atoms with Crippen LogP contribution >= 0.6 is 0 Å².